The maximum absolute atomic E-state index is 12.8. The molecule has 4 aromatic rings. The zero-order chi connectivity index (χ0) is 20.1. The number of hydrogen-bond donors (Lipinski definition) is 4. The molecular formula is C20H17N5O4. The molecular weight excluding hydrogens is 374 g/mol. The van der Waals surface area contributed by atoms with Gasteiger partial charge in [-0.15, -0.1) is 0 Å². The predicted molar refractivity (Wildman–Crippen MR) is 108 cm³/mol. The van der Waals surface area contributed by atoms with Crippen LogP contribution in [0.25, 0.3) is 10.9 Å². The SMILES string of the molecule is COc1ccc(C2c3c([nH]c(=O)[nH]c3=O)Nc3ccc4[nH]ncc4c32)cc1OC. The fourth-order valence-corrected chi connectivity index (χ4v) is 3.97. The van der Waals surface area contributed by atoms with Crippen molar-refractivity contribution in [3.05, 3.63) is 74.1 Å². The molecule has 2 aromatic carbocycles. The highest BCUT2D eigenvalue weighted by Gasteiger charge is 2.33. The maximum atomic E-state index is 12.8. The van der Waals surface area contributed by atoms with Gasteiger partial charge in [0.05, 0.1) is 31.5 Å². The summed E-state index contributed by atoms with van der Waals surface area (Å²) < 4.78 is 10.8. The van der Waals surface area contributed by atoms with Crippen LogP contribution in [0.5, 0.6) is 11.5 Å². The number of benzene rings is 2. The predicted octanol–water partition coefficient (Wildman–Crippen LogP) is 2.19. The van der Waals surface area contributed by atoms with Gasteiger partial charge in [0, 0.05) is 17.0 Å². The van der Waals surface area contributed by atoms with Crippen LogP contribution < -0.4 is 26.0 Å². The Labute approximate surface area is 163 Å². The summed E-state index contributed by atoms with van der Waals surface area (Å²) >= 11 is 0. The van der Waals surface area contributed by atoms with E-state index in [0.717, 1.165) is 27.7 Å². The summed E-state index contributed by atoms with van der Waals surface area (Å²) in [5, 5.41) is 11.2. The number of rotatable bonds is 3. The second-order valence-electron chi connectivity index (χ2n) is 6.73. The number of H-pyrrole nitrogens is 3. The highest BCUT2D eigenvalue weighted by atomic mass is 16.5. The Morgan fingerprint density at radius 1 is 0.966 bits per heavy atom. The van der Waals surface area contributed by atoms with Crippen molar-refractivity contribution in [2.75, 3.05) is 19.5 Å². The molecule has 9 heteroatoms. The largest absolute Gasteiger partial charge is 0.493 e. The van der Waals surface area contributed by atoms with Gasteiger partial charge in [-0.2, -0.15) is 5.10 Å². The summed E-state index contributed by atoms with van der Waals surface area (Å²) in [6, 6.07) is 9.31. The minimum absolute atomic E-state index is 0.369. The van der Waals surface area contributed by atoms with Gasteiger partial charge < -0.3 is 14.8 Å². The number of aromatic amines is 3. The second-order valence-corrected chi connectivity index (χ2v) is 6.73. The van der Waals surface area contributed by atoms with E-state index >= 15 is 0 Å². The first-order valence-corrected chi connectivity index (χ1v) is 8.92. The molecule has 0 spiro atoms. The van der Waals surface area contributed by atoms with Crippen LogP contribution in [-0.4, -0.2) is 34.4 Å². The van der Waals surface area contributed by atoms with Gasteiger partial charge in [-0.25, -0.2) is 4.79 Å². The lowest BCUT2D eigenvalue weighted by Crippen LogP contribution is -2.31. The van der Waals surface area contributed by atoms with E-state index < -0.39 is 17.2 Å². The molecule has 3 heterocycles. The van der Waals surface area contributed by atoms with Gasteiger partial charge in [0.1, 0.15) is 5.82 Å². The first kappa shape index (κ1) is 17.1. The number of methoxy groups -OCH3 is 2. The quantitative estimate of drug-likeness (QED) is 0.374. The molecule has 1 atom stereocenters. The number of aromatic nitrogens is 4. The van der Waals surface area contributed by atoms with Gasteiger partial charge in [0.15, 0.2) is 11.5 Å². The average molecular weight is 391 g/mol. The molecule has 5 rings (SSSR count). The summed E-state index contributed by atoms with van der Waals surface area (Å²) in [6.07, 6.45) is 1.73. The lowest BCUT2D eigenvalue weighted by molar-refractivity contribution is 0.354. The van der Waals surface area contributed by atoms with E-state index in [1.807, 2.05) is 24.3 Å². The van der Waals surface area contributed by atoms with Crippen LogP contribution in [0.1, 0.15) is 22.6 Å². The third-order valence-electron chi connectivity index (χ3n) is 5.22. The summed E-state index contributed by atoms with van der Waals surface area (Å²) in [5.74, 6) is 1.05. The number of ether oxygens (including phenoxy) is 2. The maximum Gasteiger partial charge on any atom is 0.327 e. The first-order chi connectivity index (χ1) is 14.1. The number of hydrogen-bond acceptors (Lipinski definition) is 6. The van der Waals surface area contributed by atoms with Gasteiger partial charge in [-0.1, -0.05) is 6.07 Å². The molecule has 0 saturated carbocycles. The summed E-state index contributed by atoms with van der Waals surface area (Å²) in [5.41, 5.74) is 2.72. The Morgan fingerprint density at radius 3 is 2.59 bits per heavy atom. The molecule has 0 saturated heterocycles. The summed E-state index contributed by atoms with van der Waals surface area (Å²) in [7, 11) is 3.13. The lowest BCUT2D eigenvalue weighted by atomic mass is 9.81. The Bertz CT molecular complexity index is 1370. The van der Waals surface area contributed by atoms with Crippen LogP contribution in [0.4, 0.5) is 11.5 Å². The van der Waals surface area contributed by atoms with Crippen molar-refractivity contribution in [1.29, 1.82) is 0 Å². The van der Waals surface area contributed by atoms with Crippen LogP contribution in [0, 0.1) is 0 Å². The van der Waals surface area contributed by atoms with Crippen molar-refractivity contribution in [3.8, 4) is 11.5 Å². The molecule has 0 fully saturated rings. The molecule has 0 radical (unpaired) electrons. The van der Waals surface area contributed by atoms with Crippen LogP contribution in [0.2, 0.25) is 0 Å². The summed E-state index contributed by atoms with van der Waals surface area (Å²) in [6.45, 7) is 0. The van der Waals surface area contributed by atoms with Gasteiger partial charge in [0.25, 0.3) is 5.56 Å². The molecule has 4 N–H and O–H groups in total. The smallest absolute Gasteiger partial charge is 0.327 e. The van der Waals surface area contributed by atoms with Crippen molar-refractivity contribution >= 4 is 22.4 Å². The Morgan fingerprint density at radius 2 is 1.79 bits per heavy atom. The van der Waals surface area contributed by atoms with Gasteiger partial charge in [0.2, 0.25) is 0 Å². The third kappa shape index (κ3) is 2.51. The first-order valence-electron chi connectivity index (χ1n) is 8.92. The minimum atomic E-state index is -0.569. The number of nitrogens with one attached hydrogen (secondary N) is 4. The van der Waals surface area contributed by atoms with Crippen LogP contribution >= 0.6 is 0 Å². The van der Waals surface area contributed by atoms with Crippen molar-refractivity contribution in [3.63, 3.8) is 0 Å². The molecule has 2 aromatic heterocycles. The van der Waals surface area contributed by atoms with E-state index in [4.69, 9.17) is 9.47 Å². The molecule has 146 valence electrons. The zero-order valence-electron chi connectivity index (χ0n) is 15.6. The Hall–Kier alpha value is -4.01. The monoisotopic (exact) mass is 391 g/mol. The van der Waals surface area contributed by atoms with Crippen molar-refractivity contribution in [2.24, 2.45) is 0 Å². The fraction of sp³-hybridized carbons (Fsp3) is 0.150. The molecule has 0 amide bonds. The van der Waals surface area contributed by atoms with Crippen LogP contribution in [-0.2, 0) is 0 Å². The molecule has 0 bridgehead atoms. The van der Waals surface area contributed by atoms with Gasteiger partial charge in [-0.05, 0) is 35.4 Å². The normalized spacial score (nSPS) is 14.8. The van der Waals surface area contributed by atoms with E-state index in [1.165, 1.54) is 0 Å². The molecule has 1 aliphatic heterocycles. The average Bonchev–Trinajstić information content (AvgIpc) is 3.20. The van der Waals surface area contributed by atoms with Crippen LogP contribution in [0.3, 0.4) is 0 Å². The molecule has 1 aliphatic rings. The standard InChI is InChI=1S/C20H17N5O4/c1-28-13-6-3-9(7-14(13)29-2)15-16-10-8-21-25-11(10)4-5-12(16)22-18-17(15)19(26)24-20(27)23-18/h3-8,15H,1-2H3,(H,21,25)(H3,22,23,24,26,27). The van der Waals surface area contributed by atoms with E-state index in [-0.39, 0.29) is 0 Å². The van der Waals surface area contributed by atoms with E-state index in [2.05, 4.69) is 25.5 Å². The Balaban J connectivity index is 1.86. The Kier molecular flexibility index (Phi) is 3.70. The van der Waals surface area contributed by atoms with E-state index in [9.17, 15) is 9.59 Å². The number of nitrogens with zero attached hydrogens (tertiary/aromatic N) is 1. The van der Waals surface area contributed by atoms with E-state index in [1.54, 1.807) is 26.5 Å². The van der Waals surface area contributed by atoms with E-state index in [0.29, 0.717) is 22.9 Å². The van der Waals surface area contributed by atoms with Crippen molar-refractivity contribution in [1.82, 2.24) is 20.2 Å². The topological polar surface area (TPSA) is 125 Å². The molecule has 0 aliphatic carbocycles. The minimum Gasteiger partial charge on any atom is -0.493 e. The second kappa shape index (κ2) is 6.26. The number of anilines is 2. The van der Waals surface area contributed by atoms with Crippen LogP contribution in [0.15, 0.2) is 46.1 Å². The molecule has 1 unspecified atom stereocenters. The highest BCUT2D eigenvalue weighted by Crippen LogP contribution is 2.46. The van der Waals surface area contributed by atoms with Gasteiger partial charge >= 0.3 is 5.69 Å². The third-order valence-corrected chi connectivity index (χ3v) is 5.22. The summed E-state index contributed by atoms with van der Waals surface area (Å²) in [4.78, 5) is 29.7. The molecule has 29 heavy (non-hydrogen) atoms. The van der Waals surface area contributed by atoms with Gasteiger partial charge in [-0.3, -0.25) is 19.9 Å². The fourth-order valence-electron chi connectivity index (χ4n) is 3.97. The van der Waals surface area contributed by atoms with Crippen molar-refractivity contribution in [2.45, 2.75) is 5.92 Å². The van der Waals surface area contributed by atoms with Crippen molar-refractivity contribution < 1.29 is 9.47 Å². The molecule has 9 nitrogen and oxygen atoms in total. The highest BCUT2D eigenvalue weighted by molar-refractivity contribution is 5.92. The number of fused-ring (bicyclic) bond motifs is 4. The zero-order valence-corrected chi connectivity index (χ0v) is 15.6. The lowest BCUT2D eigenvalue weighted by Gasteiger charge is -2.29.